The first-order valence-electron chi connectivity index (χ1n) is 10.7. The first kappa shape index (κ1) is 24.0. The van der Waals surface area contributed by atoms with Gasteiger partial charge in [-0.25, -0.2) is 13.4 Å². The van der Waals surface area contributed by atoms with Crippen molar-refractivity contribution >= 4 is 49.8 Å². The number of nitrogens with one attached hydrogen (secondary N) is 1. The lowest BCUT2D eigenvalue weighted by Crippen LogP contribution is -2.36. The fraction of sp³-hybridized carbons (Fsp3) is 0.391. The summed E-state index contributed by atoms with van der Waals surface area (Å²) in [6.07, 6.45) is 6.49. The van der Waals surface area contributed by atoms with Crippen LogP contribution in [0.5, 0.6) is 5.75 Å². The van der Waals surface area contributed by atoms with Gasteiger partial charge in [0, 0.05) is 30.1 Å². The van der Waals surface area contributed by atoms with Gasteiger partial charge in [-0.1, -0.05) is 23.2 Å². The van der Waals surface area contributed by atoms with E-state index >= 15 is 0 Å². The molecule has 2 N–H and O–H groups in total. The molecule has 10 heteroatoms. The normalized spacial score (nSPS) is 19.2. The van der Waals surface area contributed by atoms with E-state index in [2.05, 4.69) is 29.3 Å². The highest BCUT2D eigenvalue weighted by atomic mass is 35.5. The van der Waals surface area contributed by atoms with Gasteiger partial charge in [0.15, 0.2) is 15.6 Å². The van der Waals surface area contributed by atoms with Crippen molar-refractivity contribution < 1.29 is 13.5 Å². The molecule has 4 rings (SSSR count). The van der Waals surface area contributed by atoms with E-state index in [1.165, 1.54) is 12.5 Å². The Bertz CT molecular complexity index is 1280. The predicted octanol–water partition coefficient (Wildman–Crippen LogP) is 5.00. The Hall–Kier alpha value is -2.13. The number of anilines is 1. The Morgan fingerprint density at radius 1 is 1.09 bits per heavy atom. The zero-order valence-corrected chi connectivity index (χ0v) is 21.0. The Kier molecular flexibility index (Phi) is 6.73. The fourth-order valence-electron chi connectivity index (χ4n) is 4.28. The van der Waals surface area contributed by atoms with E-state index in [-0.39, 0.29) is 26.7 Å². The van der Waals surface area contributed by atoms with E-state index in [1.807, 2.05) is 0 Å². The fourth-order valence-corrected chi connectivity index (χ4v) is 5.54. The lowest BCUT2D eigenvalue weighted by molar-refractivity contribution is 0.221. The Morgan fingerprint density at radius 2 is 1.73 bits per heavy atom. The predicted molar refractivity (Wildman–Crippen MR) is 133 cm³/mol. The molecule has 0 spiro atoms. The number of phenols is 1. The number of benzene rings is 1. The van der Waals surface area contributed by atoms with E-state index in [0.717, 1.165) is 25.7 Å². The third-order valence-corrected chi connectivity index (χ3v) is 7.85. The van der Waals surface area contributed by atoms with Gasteiger partial charge < -0.3 is 15.3 Å². The minimum Gasteiger partial charge on any atom is -0.505 e. The molecule has 33 heavy (non-hydrogen) atoms. The molecule has 2 heterocycles. The van der Waals surface area contributed by atoms with Crippen molar-refractivity contribution in [3.8, 4) is 17.0 Å². The van der Waals surface area contributed by atoms with Crippen LogP contribution in [0.15, 0.2) is 35.4 Å². The molecular formula is C23H26Cl2N4O3S. The molecule has 0 radical (unpaired) electrons. The number of pyridine rings is 2. The number of aromatic nitrogens is 2. The Labute approximate surface area is 203 Å². The summed E-state index contributed by atoms with van der Waals surface area (Å²) in [6, 6.07) is 7.35. The van der Waals surface area contributed by atoms with Crippen LogP contribution in [0.25, 0.3) is 22.3 Å². The van der Waals surface area contributed by atoms with Gasteiger partial charge in [-0.15, -0.1) is 0 Å². The molecule has 176 valence electrons. The zero-order chi connectivity index (χ0) is 23.9. The average Bonchev–Trinajstić information content (AvgIpc) is 2.76. The van der Waals surface area contributed by atoms with Crippen LogP contribution in [-0.4, -0.2) is 60.8 Å². The molecule has 3 aromatic rings. The summed E-state index contributed by atoms with van der Waals surface area (Å²) >= 11 is 12.2. The number of rotatable bonds is 5. The molecule has 0 bridgehead atoms. The molecule has 0 unspecified atom stereocenters. The molecule has 1 aliphatic carbocycles. The van der Waals surface area contributed by atoms with E-state index in [0.29, 0.717) is 34.0 Å². The van der Waals surface area contributed by atoms with Gasteiger partial charge in [-0.05, 0) is 64.0 Å². The van der Waals surface area contributed by atoms with Crippen LogP contribution < -0.4 is 5.32 Å². The van der Waals surface area contributed by atoms with E-state index < -0.39 is 9.84 Å². The third-order valence-electron chi connectivity index (χ3n) is 6.17. The molecule has 0 atom stereocenters. The second kappa shape index (κ2) is 9.25. The summed E-state index contributed by atoms with van der Waals surface area (Å²) in [5, 5.41) is 13.6. The molecule has 0 amide bonds. The molecule has 1 fully saturated rings. The van der Waals surface area contributed by atoms with Crippen molar-refractivity contribution in [3.05, 3.63) is 40.5 Å². The molecular weight excluding hydrogens is 483 g/mol. The lowest BCUT2D eigenvalue weighted by Gasteiger charge is -2.33. The number of aromatic hydroxyl groups is 1. The molecule has 7 nitrogen and oxygen atoms in total. The molecule has 0 saturated heterocycles. The maximum absolute atomic E-state index is 12.6. The maximum Gasteiger partial charge on any atom is 0.179 e. The maximum atomic E-state index is 12.6. The summed E-state index contributed by atoms with van der Waals surface area (Å²) in [7, 11) is 0.629. The first-order chi connectivity index (χ1) is 15.5. The van der Waals surface area contributed by atoms with E-state index in [9.17, 15) is 13.5 Å². The lowest BCUT2D eigenvalue weighted by atomic mass is 9.90. The van der Waals surface area contributed by atoms with Gasteiger partial charge in [0.05, 0.1) is 26.9 Å². The van der Waals surface area contributed by atoms with Crippen molar-refractivity contribution in [1.29, 1.82) is 0 Å². The van der Waals surface area contributed by atoms with Crippen LogP contribution in [-0.2, 0) is 9.84 Å². The largest absolute Gasteiger partial charge is 0.505 e. The number of hydrogen-bond donors (Lipinski definition) is 2. The second-order valence-corrected chi connectivity index (χ2v) is 11.5. The molecule has 1 saturated carbocycles. The average molecular weight is 509 g/mol. The van der Waals surface area contributed by atoms with Gasteiger partial charge in [-0.3, -0.25) is 4.98 Å². The molecule has 1 aromatic carbocycles. The van der Waals surface area contributed by atoms with Gasteiger partial charge in [0.25, 0.3) is 0 Å². The van der Waals surface area contributed by atoms with Gasteiger partial charge in [0.1, 0.15) is 10.4 Å². The van der Waals surface area contributed by atoms with Crippen LogP contribution in [0.3, 0.4) is 0 Å². The van der Waals surface area contributed by atoms with Crippen LogP contribution in [0.4, 0.5) is 5.69 Å². The molecule has 0 aliphatic heterocycles. The number of sulfone groups is 1. The standard InChI is InChI=1S/C23H26Cl2N4O3S/c1-29(2)15-6-4-14(5-7-15)27-22-20(33(3,31)32)12-26-19-9-8-18(28-21(19)22)13-10-16(24)23(30)17(25)11-13/h8-12,14-15,30H,4-7H2,1-3H3,(H,26,27)/t14-,15-. The van der Waals surface area contributed by atoms with E-state index in [4.69, 9.17) is 28.2 Å². The number of fused-ring (bicyclic) bond motifs is 1. The summed E-state index contributed by atoms with van der Waals surface area (Å²) in [5.74, 6) is -0.195. The van der Waals surface area contributed by atoms with Crippen LogP contribution in [0.1, 0.15) is 25.7 Å². The summed E-state index contributed by atoms with van der Waals surface area (Å²) in [4.78, 5) is 11.4. The highest BCUT2D eigenvalue weighted by molar-refractivity contribution is 7.90. The molecule has 1 aliphatic rings. The summed E-state index contributed by atoms with van der Waals surface area (Å²) < 4.78 is 25.2. The zero-order valence-electron chi connectivity index (χ0n) is 18.6. The van der Waals surface area contributed by atoms with Gasteiger partial charge in [0.2, 0.25) is 0 Å². The number of nitrogens with zero attached hydrogens (tertiary/aromatic N) is 3. The quantitative estimate of drug-likeness (QED) is 0.500. The number of phenolic OH excluding ortho intramolecular Hbond substituents is 1. The first-order valence-corrected chi connectivity index (χ1v) is 13.3. The minimum absolute atomic E-state index is 0.110. The highest BCUT2D eigenvalue weighted by Gasteiger charge is 2.26. The van der Waals surface area contributed by atoms with Gasteiger partial charge in [-0.2, -0.15) is 0 Å². The molecule has 2 aromatic heterocycles. The smallest absolute Gasteiger partial charge is 0.179 e. The van der Waals surface area contributed by atoms with Crippen LogP contribution in [0, 0.1) is 0 Å². The van der Waals surface area contributed by atoms with Crippen LogP contribution in [0.2, 0.25) is 10.0 Å². The monoisotopic (exact) mass is 508 g/mol. The Morgan fingerprint density at radius 3 is 2.30 bits per heavy atom. The van der Waals surface area contributed by atoms with Crippen molar-refractivity contribution in [2.75, 3.05) is 25.7 Å². The summed E-state index contributed by atoms with van der Waals surface area (Å²) in [6.45, 7) is 0. The van der Waals surface area contributed by atoms with Crippen LogP contribution >= 0.6 is 23.2 Å². The topological polar surface area (TPSA) is 95.4 Å². The van der Waals surface area contributed by atoms with Crippen molar-refractivity contribution in [2.45, 2.75) is 42.7 Å². The minimum atomic E-state index is -3.54. The van der Waals surface area contributed by atoms with Crippen molar-refractivity contribution in [1.82, 2.24) is 14.9 Å². The second-order valence-electron chi connectivity index (χ2n) is 8.74. The Balaban J connectivity index is 1.80. The van der Waals surface area contributed by atoms with Crippen molar-refractivity contribution in [3.63, 3.8) is 0 Å². The number of hydrogen-bond acceptors (Lipinski definition) is 7. The SMILES string of the molecule is CN(C)[C@H]1CC[C@H](Nc2c(S(C)(=O)=O)cnc3ccc(-c4cc(Cl)c(O)c(Cl)c4)nc23)CC1. The highest BCUT2D eigenvalue weighted by Crippen LogP contribution is 2.37. The third kappa shape index (κ3) is 5.04. The number of halogens is 2. The van der Waals surface area contributed by atoms with Gasteiger partial charge >= 0.3 is 0 Å². The van der Waals surface area contributed by atoms with Crippen molar-refractivity contribution in [2.24, 2.45) is 0 Å². The van der Waals surface area contributed by atoms with E-state index in [1.54, 1.807) is 24.3 Å². The summed E-state index contributed by atoms with van der Waals surface area (Å²) in [5.41, 5.74) is 2.65.